The highest BCUT2D eigenvalue weighted by molar-refractivity contribution is 7.92. The van der Waals surface area contributed by atoms with E-state index in [2.05, 4.69) is 17.4 Å². The Morgan fingerprint density at radius 3 is 2.17 bits per heavy atom. The molecular weight excluding hydrogens is 476 g/mol. The predicted octanol–water partition coefficient (Wildman–Crippen LogP) is 4.74. The molecule has 0 aliphatic heterocycles. The Balaban J connectivity index is 1.31. The predicted molar refractivity (Wildman–Crippen MR) is 140 cm³/mol. The minimum atomic E-state index is -3.69. The van der Waals surface area contributed by atoms with E-state index in [9.17, 15) is 18.0 Å². The molecule has 2 aromatic carbocycles. The zero-order chi connectivity index (χ0) is 25.5. The van der Waals surface area contributed by atoms with Crippen LogP contribution in [0.3, 0.4) is 0 Å². The number of ether oxygens (including phenoxy) is 1. The average molecular weight is 511 g/mol. The number of esters is 1. The second-order valence-electron chi connectivity index (χ2n) is 10.9. The zero-order valence-corrected chi connectivity index (χ0v) is 21.7. The minimum Gasteiger partial charge on any atom is -0.462 e. The van der Waals surface area contributed by atoms with Gasteiger partial charge in [-0.05, 0) is 105 Å². The van der Waals surface area contributed by atoms with Crippen LogP contribution in [0.5, 0.6) is 0 Å². The molecule has 36 heavy (non-hydrogen) atoms. The Hall–Kier alpha value is -2.87. The summed E-state index contributed by atoms with van der Waals surface area (Å²) in [7, 11) is -3.69. The van der Waals surface area contributed by atoms with Crippen LogP contribution in [0.15, 0.2) is 48.5 Å². The Bertz CT molecular complexity index is 1220. The van der Waals surface area contributed by atoms with Crippen molar-refractivity contribution in [2.45, 2.75) is 50.9 Å². The molecule has 4 aliphatic carbocycles. The van der Waals surface area contributed by atoms with Gasteiger partial charge in [-0.1, -0.05) is 18.2 Å². The summed E-state index contributed by atoms with van der Waals surface area (Å²) in [6.07, 6.45) is 8.93. The largest absolute Gasteiger partial charge is 0.462 e. The SMILES string of the molecule is CCOC(=O)c1cccc(NC(=O)CN(c2ccc(C34CC5CC(CC(C5)C3)C4)cc2)S(C)(=O)=O)c1. The van der Waals surface area contributed by atoms with Crippen LogP contribution in [-0.4, -0.2) is 39.7 Å². The van der Waals surface area contributed by atoms with Gasteiger partial charge in [-0.3, -0.25) is 9.10 Å². The van der Waals surface area contributed by atoms with Gasteiger partial charge in [0, 0.05) is 5.69 Å². The maximum Gasteiger partial charge on any atom is 0.338 e. The normalized spacial score (nSPS) is 26.4. The van der Waals surface area contributed by atoms with Crippen molar-refractivity contribution in [1.29, 1.82) is 0 Å². The maximum absolute atomic E-state index is 12.8. The van der Waals surface area contributed by atoms with Crippen molar-refractivity contribution in [3.8, 4) is 0 Å². The van der Waals surface area contributed by atoms with E-state index in [1.165, 1.54) is 50.2 Å². The Kier molecular flexibility index (Phi) is 6.57. The lowest BCUT2D eigenvalue weighted by molar-refractivity contribution is -0.114. The molecule has 1 N–H and O–H groups in total. The molecule has 4 fully saturated rings. The maximum atomic E-state index is 12.8. The van der Waals surface area contributed by atoms with Crippen LogP contribution >= 0.6 is 0 Å². The Morgan fingerprint density at radius 1 is 1.00 bits per heavy atom. The molecule has 0 unspecified atom stereocenters. The van der Waals surface area contributed by atoms with E-state index < -0.39 is 21.9 Å². The number of hydrogen-bond donors (Lipinski definition) is 1. The number of carbonyl (C=O) groups is 2. The lowest BCUT2D eigenvalue weighted by atomic mass is 9.48. The summed E-state index contributed by atoms with van der Waals surface area (Å²) in [5, 5.41) is 2.70. The first-order valence-electron chi connectivity index (χ1n) is 12.8. The number of hydrogen-bond acceptors (Lipinski definition) is 5. The molecule has 0 aromatic heterocycles. The van der Waals surface area contributed by atoms with E-state index in [1.54, 1.807) is 25.1 Å². The topological polar surface area (TPSA) is 92.8 Å². The first-order chi connectivity index (χ1) is 17.1. The molecular formula is C28H34N2O5S. The van der Waals surface area contributed by atoms with Crippen LogP contribution < -0.4 is 9.62 Å². The van der Waals surface area contributed by atoms with E-state index in [4.69, 9.17) is 4.74 Å². The monoisotopic (exact) mass is 510 g/mol. The van der Waals surface area contributed by atoms with Gasteiger partial charge in [-0.2, -0.15) is 0 Å². The van der Waals surface area contributed by atoms with Crippen molar-refractivity contribution in [3.05, 3.63) is 59.7 Å². The van der Waals surface area contributed by atoms with E-state index in [-0.39, 0.29) is 18.6 Å². The molecule has 0 saturated heterocycles. The number of anilines is 2. The molecule has 4 bridgehead atoms. The van der Waals surface area contributed by atoms with Crippen molar-refractivity contribution in [1.82, 2.24) is 0 Å². The number of nitrogens with one attached hydrogen (secondary N) is 1. The van der Waals surface area contributed by atoms with Crippen LogP contribution in [0, 0.1) is 17.8 Å². The van der Waals surface area contributed by atoms with Gasteiger partial charge in [0.1, 0.15) is 6.54 Å². The molecule has 2 aromatic rings. The first kappa shape index (κ1) is 24.8. The molecule has 0 atom stereocenters. The lowest BCUT2D eigenvalue weighted by Crippen LogP contribution is -2.48. The van der Waals surface area contributed by atoms with E-state index in [0.717, 1.165) is 28.3 Å². The summed E-state index contributed by atoms with van der Waals surface area (Å²) in [4.78, 5) is 24.8. The van der Waals surface area contributed by atoms with Gasteiger partial charge in [0.25, 0.3) is 0 Å². The molecule has 4 aliphatic rings. The summed E-state index contributed by atoms with van der Waals surface area (Å²) in [6.45, 7) is 1.61. The van der Waals surface area contributed by atoms with Crippen LogP contribution in [-0.2, 0) is 25.0 Å². The van der Waals surface area contributed by atoms with Crippen molar-refractivity contribution in [2.75, 3.05) is 29.0 Å². The molecule has 7 nitrogen and oxygen atoms in total. The fourth-order valence-corrected chi connectivity index (χ4v) is 7.97. The average Bonchev–Trinajstić information content (AvgIpc) is 2.81. The Morgan fingerprint density at radius 2 is 1.61 bits per heavy atom. The van der Waals surface area contributed by atoms with Crippen molar-refractivity contribution in [3.63, 3.8) is 0 Å². The summed E-state index contributed by atoms with van der Waals surface area (Å²) < 4.78 is 31.4. The van der Waals surface area contributed by atoms with Gasteiger partial charge in [0.15, 0.2) is 0 Å². The van der Waals surface area contributed by atoms with E-state index in [1.807, 2.05) is 12.1 Å². The second kappa shape index (κ2) is 9.54. The lowest BCUT2D eigenvalue weighted by Gasteiger charge is -2.57. The molecule has 0 heterocycles. The third-order valence-electron chi connectivity index (χ3n) is 8.15. The standard InChI is InChI=1S/C28H34N2O5S/c1-3-35-27(32)22-5-4-6-24(14-22)29-26(31)18-30(36(2,33)34)25-9-7-23(8-10-25)28-15-19-11-20(16-28)13-21(12-19)17-28/h4-10,14,19-21H,3,11-13,15-18H2,1-2H3,(H,29,31). The highest BCUT2D eigenvalue weighted by Gasteiger charge is 2.51. The first-order valence-corrected chi connectivity index (χ1v) is 14.7. The summed E-state index contributed by atoms with van der Waals surface area (Å²) in [5.74, 6) is 1.51. The highest BCUT2D eigenvalue weighted by atomic mass is 32.2. The highest BCUT2D eigenvalue weighted by Crippen LogP contribution is 2.60. The molecule has 192 valence electrons. The fourth-order valence-electron chi connectivity index (χ4n) is 7.11. The third kappa shape index (κ3) is 5.01. The number of carbonyl (C=O) groups excluding carboxylic acids is 2. The zero-order valence-electron chi connectivity index (χ0n) is 20.9. The number of rotatable bonds is 8. The molecule has 8 heteroatoms. The van der Waals surface area contributed by atoms with Gasteiger partial charge in [0.05, 0.1) is 24.1 Å². The van der Waals surface area contributed by atoms with E-state index >= 15 is 0 Å². The van der Waals surface area contributed by atoms with Crippen LogP contribution in [0.2, 0.25) is 0 Å². The molecule has 1 amide bonds. The van der Waals surface area contributed by atoms with Crippen LogP contribution in [0.1, 0.15) is 61.4 Å². The van der Waals surface area contributed by atoms with Gasteiger partial charge < -0.3 is 10.1 Å². The Labute approximate surface area is 213 Å². The third-order valence-corrected chi connectivity index (χ3v) is 9.29. The van der Waals surface area contributed by atoms with Crippen LogP contribution in [0.25, 0.3) is 0 Å². The van der Waals surface area contributed by atoms with Gasteiger partial charge in [-0.15, -0.1) is 0 Å². The van der Waals surface area contributed by atoms with Crippen molar-refractivity contribution in [2.24, 2.45) is 17.8 Å². The number of benzene rings is 2. The smallest absolute Gasteiger partial charge is 0.338 e. The van der Waals surface area contributed by atoms with Gasteiger partial charge in [-0.25, -0.2) is 13.2 Å². The van der Waals surface area contributed by atoms with Gasteiger partial charge in [0.2, 0.25) is 15.9 Å². The number of sulfonamides is 1. The molecule has 6 rings (SSSR count). The number of nitrogens with zero attached hydrogens (tertiary/aromatic N) is 1. The fraction of sp³-hybridized carbons (Fsp3) is 0.500. The second-order valence-corrected chi connectivity index (χ2v) is 12.8. The van der Waals surface area contributed by atoms with Crippen molar-refractivity contribution >= 4 is 33.3 Å². The minimum absolute atomic E-state index is 0.227. The van der Waals surface area contributed by atoms with Crippen molar-refractivity contribution < 1.29 is 22.7 Å². The number of amides is 1. The van der Waals surface area contributed by atoms with Gasteiger partial charge >= 0.3 is 5.97 Å². The summed E-state index contributed by atoms with van der Waals surface area (Å²) in [6, 6.07) is 14.2. The van der Waals surface area contributed by atoms with Crippen LogP contribution in [0.4, 0.5) is 11.4 Å². The molecule has 0 radical (unpaired) electrons. The summed E-state index contributed by atoms with van der Waals surface area (Å²) in [5.41, 5.74) is 2.72. The van der Waals surface area contributed by atoms with E-state index in [0.29, 0.717) is 16.9 Å². The molecule has 4 saturated carbocycles. The quantitative estimate of drug-likeness (QED) is 0.518. The summed E-state index contributed by atoms with van der Waals surface area (Å²) >= 11 is 0. The molecule has 0 spiro atoms.